The molecule has 1 N–H and O–H groups in total. The van der Waals surface area contributed by atoms with Crippen LogP contribution in [0.4, 0.5) is 0 Å². The molecule has 8 heteroatoms. The Balaban J connectivity index is 0.00000338. The van der Waals surface area contributed by atoms with Crippen molar-refractivity contribution in [3.63, 3.8) is 0 Å². The van der Waals surface area contributed by atoms with Crippen LogP contribution in [0, 0.1) is 6.92 Å². The van der Waals surface area contributed by atoms with E-state index in [-0.39, 0.29) is 24.0 Å². The maximum absolute atomic E-state index is 4.87. The Morgan fingerprint density at radius 1 is 1.31 bits per heavy atom. The zero-order valence-electron chi connectivity index (χ0n) is 16.7. The van der Waals surface area contributed by atoms with E-state index in [2.05, 4.69) is 53.5 Å². The number of nitrogens with zero attached hydrogens (tertiary/aromatic N) is 5. The highest BCUT2D eigenvalue weighted by Gasteiger charge is 2.14. The molecule has 2 heterocycles. The maximum atomic E-state index is 4.87. The van der Waals surface area contributed by atoms with Gasteiger partial charge in [0.25, 0.3) is 0 Å². The second kappa shape index (κ2) is 10.9. The molecule has 2 rings (SSSR count). The van der Waals surface area contributed by atoms with Gasteiger partial charge < -0.3 is 10.2 Å². The van der Waals surface area contributed by atoms with Crippen LogP contribution in [0.2, 0.25) is 0 Å². The molecule has 0 spiro atoms. The Bertz CT molecular complexity index is 721. The second-order valence-corrected chi connectivity index (χ2v) is 7.15. The zero-order valence-corrected chi connectivity index (χ0v) is 19.8. The van der Waals surface area contributed by atoms with Crippen molar-refractivity contribution in [2.75, 3.05) is 13.6 Å². The van der Waals surface area contributed by atoms with E-state index in [0.717, 1.165) is 48.3 Å². The van der Waals surface area contributed by atoms with Gasteiger partial charge in [0.1, 0.15) is 0 Å². The zero-order chi connectivity index (χ0) is 18.4. The first-order valence-corrected chi connectivity index (χ1v) is 9.82. The van der Waals surface area contributed by atoms with Crippen LogP contribution in [0.5, 0.6) is 0 Å². The summed E-state index contributed by atoms with van der Waals surface area (Å²) in [6, 6.07) is 0. The van der Waals surface area contributed by atoms with Crippen LogP contribution in [-0.4, -0.2) is 39.2 Å². The van der Waals surface area contributed by atoms with Gasteiger partial charge in [-0.2, -0.15) is 5.10 Å². The van der Waals surface area contributed by atoms with E-state index in [9.17, 15) is 0 Å². The third-order valence-electron chi connectivity index (χ3n) is 4.18. The second-order valence-electron chi connectivity index (χ2n) is 6.09. The number of hydrogen-bond acceptors (Lipinski definition) is 4. The van der Waals surface area contributed by atoms with Gasteiger partial charge in [0, 0.05) is 37.3 Å². The van der Waals surface area contributed by atoms with Gasteiger partial charge in [-0.05, 0) is 26.7 Å². The third kappa shape index (κ3) is 5.67. The monoisotopic (exact) mass is 490 g/mol. The van der Waals surface area contributed by atoms with E-state index in [1.54, 1.807) is 11.3 Å². The lowest BCUT2D eigenvalue weighted by Gasteiger charge is -2.21. The lowest BCUT2D eigenvalue weighted by Crippen LogP contribution is -2.38. The number of aryl methyl sites for hydroxylation is 3. The Hall–Kier alpha value is -1.16. The van der Waals surface area contributed by atoms with Crippen LogP contribution in [0.25, 0.3) is 0 Å². The number of thiazole rings is 1. The van der Waals surface area contributed by atoms with E-state index in [0.29, 0.717) is 6.54 Å². The summed E-state index contributed by atoms with van der Waals surface area (Å²) in [5, 5.41) is 11.2. The van der Waals surface area contributed by atoms with Crippen LogP contribution in [-0.2, 0) is 33.0 Å². The molecule has 0 saturated carbocycles. The van der Waals surface area contributed by atoms with Crippen LogP contribution in [0.3, 0.4) is 0 Å². The molecule has 0 aromatic carbocycles. The normalized spacial score (nSPS) is 11.4. The predicted molar refractivity (Wildman–Crippen MR) is 121 cm³/mol. The molecule has 2 aromatic rings. The Labute approximate surface area is 178 Å². The highest BCUT2D eigenvalue weighted by molar-refractivity contribution is 14.0. The summed E-state index contributed by atoms with van der Waals surface area (Å²) >= 11 is 1.69. The SMILES string of the molecule is CCNC(=NCc1c(CC)nn(C)c1CC)N(C)Cc1csc(C)n1.I. The summed E-state index contributed by atoms with van der Waals surface area (Å²) in [5.41, 5.74) is 4.77. The lowest BCUT2D eigenvalue weighted by atomic mass is 10.1. The van der Waals surface area contributed by atoms with E-state index < -0.39 is 0 Å². The van der Waals surface area contributed by atoms with E-state index >= 15 is 0 Å². The lowest BCUT2D eigenvalue weighted by molar-refractivity contribution is 0.470. The summed E-state index contributed by atoms with van der Waals surface area (Å²) in [7, 11) is 4.08. The van der Waals surface area contributed by atoms with Crippen LogP contribution in [0.1, 0.15) is 48.4 Å². The van der Waals surface area contributed by atoms with Gasteiger partial charge in [-0.3, -0.25) is 4.68 Å². The number of hydrogen-bond donors (Lipinski definition) is 1. The molecule has 0 saturated heterocycles. The summed E-state index contributed by atoms with van der Waals surface area (Å²) in [5.74, 6) is 0.904. The standard InChI is InChI=1S/C18H30N6S.HI/c1-7-16-15(17(8-2)24(6)22-16)10-20-18(19-9-3)23(5)11-14-12-25-13(4)21-14;/h12H,7-11H2,1-6H3,(H,19,20);1H. The first-order valence-electron chi connectivity index (χ1n) is 8.94. The number of aromatic nitrogens is 3. The van der Waals surface area contributed by atoms with Gasteiger partial charge in [-0.1, -0.05) is 13.8 Å². The van der Waals surface area contributed by atoms with Crippen molar-refractivity contribution < 1.29 is 0 Å². The Morgan fingerprint density at radius 2 is 2.04 bits per heavy atom. The molecule has 0 unspecified atom stereocenters. The molecular formula is C18H31IN6S. The first kappa shape index (κ1) is 22.9. The Kier molecular flexibility index (Phi) is 9.56. The molecular weight excluding hydrogens is 459 g/mol. The smallest absolute Gasteiger partial charge is 0.194 e. The summed E-state index contributed by atoms with van der Waals surface area (Å²) < 4.78 is 2.00. The molecule has 0 aliphatic rings. The van der Waals surface area contributed by atoms with E-state index in [4.69, 9.17) is 4.99 Å². The van der Waals surface area contributed by atoms with Crippen molar-refractivity contribution in [3.8, 4) is 0 Å². The molecule has 0 aliphatic carbocycles. The molecule has 26 heavy (non-hydrogen) atoms. The molecule has 0 aliphatic heterocycles. The highest BCUT2D eigenvalue weighted by atomic mass is 127. The molecule has 2 aromatic heterocycles. The highest BCUT2D eigenvalue weighted by Crippen LogP contribution is 2.17. The van der Waals surface area contributed by atoms with Crippen molar-refractivity contribution in [2.24, 2.45) is 12.0 Å². The van der Waals surface area contributed by atoms with Gasteiger partial charge in [0.05, 0.1) is 29.5 Å². The van der Waals surface area contributed by atoms with Crippen molar-refractivity contribution in [1.82, 2.24) is 25.0 Å². The number of guanidine groups is 1. The fourth-order valence-corrected chi connectivity index (χ4v) is 3.60. The molecule has 0 bridgehead atoms. The molecule has 0 fully saturated rings. The van der Waals surface area contributed by atoms with Gasteiger partial charge >= 0.3 is 0 Å². The molecule has 0 atom stereocenters. The minimum Gasteiger partial charge on any atom is -0.357 e. The van der Waals surface area contributed by atoms with Crippen molar-refractivity contribution in [3.05, 3.63) is 33.0 Å². The molecule has 0 amide bonds. The van der Waals surface area contributed by atoms with E-state index in [1.165, 1.54) is 11.3 Å². The minimum atomic E-state index is 0. The Morgan fingerprint density at radius 3 is 2.58 bits per heavy atom. The van der Waals surface area contributed by atoms with Crippen LogP contribution >= 0.6 is 35.3 Å². The van der Waals surface area contributed by atoms with Gasteiger partial charge in [0.2, 0.25) is 0 Å². The van der Waals surface area contributed by atoms with E-state index in [1.807, 2.05) is 18.7 Å². The molecule has 0 radical (unpaired) electrons. The maximum Gasteiger partial charge on any atom is 0.194 e. The summed E-state index contributed by atoms with van der Waals surface area (Å²) in [6.07, 6.45) is 1.90. The first-order chi connectivity index (χ1) is 12.0. The van der Waals surface area contributed by atoms with Gasteiger partial charge in [0.15, 0.2) is 5.96 Å². The van der Waals surface area contributed by atoms with Crippen molar-refractivity contribution in [1.29, 1.82) is 0 Å². The average Bonchev–Trinajstić information content (AvgIpc) is 3.13. The quantitative estimate of drug-likeness (QED) is 0.367. The van der Waals surface area contributed by atoms with Crippen LogP contribution in [0.15, 0.2) is 10.4 Å². The summed E-state index contributed by atoms with van der Waals surface area (Å²) in [4.78, 5) is 11.6. The minimum absolute atomic E-state index is 0. The largest absolute Gasteiger partial charge is 0.357 e. The number of nitrogens with one attached hydrogen (secondary N) is 1. The summed E-state index contributed by atoms with van der Waals surface area (Å²) in [6.45, 7) is 10.7. The molecule has 6 nitrogen and oxygen atoms in total. The van der Waals surface area contributed by atoms with Crippen molar-refractivity contribution >= 4 is 41.3 Å². The molecule has 146 valence electrons. The van der Waals surface area contributed by atoms with Crippen molar-refractivity contribution in [2.45, 2.75) is 53.6 Å². The number of aliphatic imine (C=N–C) groups is 1. The third-order valence-corrected chi connectivity index (χ3v) is 5.00. The number of halogens is 1. The fourth-order valence-electron chi connectivity index (χ4n) is 2.99. The van der Waals surface area contributed by atoms with Gasteiger partial charge in [-0.15, -0.1) is 35.3 Å². The topological polar surface area (TPSA) is 58.3 Å². The van der Waals surface area contributed by atoms with Crippen LogP contribution < -0.4 is 5.32 Å². The fraction of sp³-hybridized carbons (Fsp3) is 0.611. The average molecular weight is 490 g/mol. The number of rotatable bonds is 7. The predicted octanol–water partition coefficient (Wildman–Crippen LogP) is 3.53. The van der Waals surface area contributed by atoms with Gasteiger partial charge in [-0.25, -0.2) is 9.98 Å².